The molecular weight excluding hydrogens is 368 g/mol. The Balaban J connectivity index is 2.29. The molecule has 0 amide bonds. The highest BCUT2D eigenvalue weighted by molar-refractivity contribution is 5.69. The number of ether oxygens (including phenoxy) is 2. The first-order chi connectivity index (χ1) is 14.2. The van der Waals surface area contributed by atoms with Gasteiger partial charge >= 0.3 is 11.9 Å². The maximum absolute atomic E-state index is 11.7. The highest BCUT2D eigenvalue weighted by atomic mass is 16.6. The molecular formula is C24H40O5. The predicted octanol–water partition coefficient (Wildman–Crippen LogP) is 5.41. The van der Waals surface area contributed by atoms with Crippen LogP contribution in [0.4, 0.5) is 0 Å². The van der Waals surface area contributed by atoms with Crippen molar-refractivity contribution >= 4 is 11.9 Å². The average Bonchev–Trinajstić information content (AvgIpc) is 2.71. The van der Waals surface area contributed by atoms with E-state index in [1.807, 2.05) is 0 Å². The van der Waals surface area contributed by atoms with E-state index in [1.165, 1.54) is 25.7 Å². The van der Waals surface area contributed by atoms with Crippen LogP contribution in [0.25, 0.3) is 0 Å². The second-order valence-corrected chi connectivity index (χ2v) is 7.81. The summed E-state index contributed by atoms with van der Waals surface area (Å²) in [5.74, 6) is -0.597. The minimum absolute atomic E-state index is 0.118. The number of aliphatic hydroxyl groups is 1. The van der Waals surface area contributed by atoms with E-state index in [1.54, 1.807) is 0 Å². The van der Waals surface area contributed by atoms with E-state index < -0.39 is 6.10 Å². The van der Waals surface area contributed by atoms with E-state index in [2.05, 4.69) is 24.3 Å². The minimum atomic E-state index is -0.956. The van der Waals surface area contributed by atoms with Crippen LogP contribution in [-0.4, -0.2) is 36.4 Å². The Hall–Kier alpha value is -1.62. The molecule has 0 aliphatic carbocycles. The molecule has 0 atom stereocenters. The molecule has 0 saturated heterocycles. The zero-order valence-corrected chi connectivity index (χ0v) is 18.0. The Morgan fingerprint density at radius 1 is 0.621 bits per heavy atom. The largest absolute Gasteiger partial charge is 0.463 e. The first-order valence-electron chi connectivity index (χ1n) is 11.5. The van der Waals surface area contributed by atoms with Gasteiger partial charge in [0.05, 0.1) is 0 Å². The SMILES string of the molecule is O=C1CCCCCCC/C=C/C/C=C/CCCCCCCC(=O)OCC(O)CO1. The van der Waals surface area contributed by atoms with E-state index in [9.17, 15) is 14.7 Å². The smallest absolute Gasteiger partial charge is 0.305 e. The van der Waals surface area contributed by atoms with Gasteiger partial charge in [0, 0.05) is 12.8 Å². The van der Waals surface area contributed by atoms with Crippen LogP contribution >= 0.6 is 0 Å². The van der Waals surface area contributed by atoms with Crippen LogP contribution in [0.15, 0.2) is 24.3 Å². The van der Waals surface area contributed by atoms with Crippen molar-refractivity contribution in [3.05, 3.63) is 24.3 Å². The van der Waals surface area contributed by atoms with Crippen LogP contribution in [0.5, 0.6) is 0 Å². The van der Waals surface area contributed by atoms with Gasteiger partial charge in [0.15, 0.2) is 0 Å². The number of cyclic esters (lactones) is 2. The van der Waals surface area contributed by atoms with Crippen molar-refractivity contribution in [3.63, 3.8) is 0 Å². The van der Waals surface area contributed by atoms with Gasteiger partial charge in [-0.25, -0.2) is 0 Å². The first-order valence-corrected chi connectivity index (χ1v) is 11.5. The second kappa shape index (κ2) is 18.4. The topological polar surface area (TPSA) is 72.8 Å². The Morgan fingerprint density at radius 2 is 1.03 bits per heavy atom. The predicted molar refractivity (Wildman–Crippen MR) is 115 cm³/mol. The van der Waals surface area contributed by atoms with Crippen LogP contribution in [0.1, 0.15) is 96.3 Å². The zero-order chi connectivity index (χ0) is 21.0. The van der Waals surface area contributed by atoms with Gasteiger partial charge < -0.3 is 14.6 Å². The fraction of sp³-hybridized carbons (Fsp3) is 0.750. The van der Waals surface area contributed by atoms with E-state index >= 15 is 0 Å². The monoisotopic (exact) mass is 408 g/mol. The molecule has 5 nitrogen and oxygen atoms in total. The molecule has 1 aliphatic heterocycles. The molecule has 1 aliphatic rings. The Labute approximate surface area is 176 Å². The molecule has 0 fully saturated rings. The van der Waals surface area contributed by atoms with Crippen LogP contribution < -0.4 is 0 Å². The quantitative estimate of drug-likeness (QED) is 0.428. The number of carbonyl (C=O) groups excluding carboxylic acids is 2. The maximum Gasteiger partial charge on any atom is 0.305 e. The number of hydrogen-bond acceptors (Lipinski definition) is 5. The molecule has 0 bridgehead atoms. The Bertz CT molecular complexity index is 442. The minimum Gasteiger partial charge on any atom is -0.463 e. The third-order valence-electron chi connectivity index (χ3n) is 4.98. The highest BCUT2D eigenvalue weighted by Gasteiger charge is 2.12. The lowest BCUT2D eigenvalue weighted by Gasteiger charge is -2.12. The molecule has 0 saturated carbocycles. The van der Waals surface area contributed by atoms with Gasteiger partial charge in [-0.15, -0.1) is 0 Å². The summed E-state index contributed by atoms with van der Waals surface area (Å²) in [7, 11) is 0. The van der Waals surface area contributed by atoms with Crippen LogP contribution in [0, 0.1) is 0 Å². The highest BCUT2D eigenvalue weighted by Crippen LogP contribution is 2.10. The van der Waals surface area contributed by atoms with Crippen molar-refractivity contribution in [1.82, 2.24) is 0 Å². The van der Waals surface area contributed by atoms with Crippen molar-refractivity contribution < 1.29 is 24.2 Å². The van der Waals surface area contributed by atoms with Gasteiger partial charge in [0.25, 0.3) is 0 Å². The summed E-state index contributed by atoms with van der Waals surface area (Å²) in [5, 5.41) is 9.79. The van der Waals surface area contributed by atoms with Gasteiger partial charge in [-0.3, -0.25) is 9.59 Å². The molecule has 1 N–H and O–H groups in total. The number of carbonyl (C=O) groups is 2. The van der Waals surface area contributed by atoms with Gasteiger partial charge in [-0.05, 0) is 44.9 Å². The third kappa shape index (κ3) is 17.0. The Kier molecular flexibility index (Phi) is 16.1. The number of hydrogen-bond donors (Lipinski definition) is 1. The first kappa shape index (κ1) is 25.4. The second-order valence-electron chi connectivity index (χ2n) is 7.81. The molecule has 0 aromatic carbocycles. The molecule has 29 heavy (non-hydrogen) atoms. The number of allylic oxidation sites excluding steroid dienone is 4. The fourth-order valence-electron chi connectivity index (χ4n) is 3.20. The standard InChI is InChI=1S/C24H40O5/c25-22-20-28-23(26)18-16-14-12-10-8-6-4-2-1-3-5-7-9-11-13-15-17-19-24(27)29-21-22/h2-5,22,25H,1,6-21H2/b4-2+,5-3+. The summed E-state index contributed by atoms with van der Waals surface area (Å²) in [4.78, 5) is 23.4. The van der Waals surface area contributed by atoms with Gasteiger partial charge in [0.1, 0.15) is 19.3 Å². The molecule has 0 unspecified atom stereocenters. The molecule has 166 valence electrons. The lowest BCUT2D eigenvalue weighted by Crippen LogP contribution is -2.25. The summed E-state index contributed by atoms with van der Waals surface area (Å²) in [6, 6.07) is 0. The lowest BCUT2D eigenvalue weighted by atomic mass is 10.1. The molecule has 1 heterocycles. The summed E-state index contributed by atoms with van der Waals surface area (Å²) in [5.41, 5.74) is 0. The molecule has 0 aromatic heterocycles. The van der Waals surface area contributed by atoms with Gasteiger partial charge in [-0.2, -0.15) is 0 Å². The number of esters is 2. The van der Waals surface area contributed by atoms with E-state index in [0.29, 0.717) is 12.8 Å². The maximum atomic E-state index is 11.7. The summed E-state index contributed by atoms with van der Waals surface area (Å²) >= 11 is 0. The van der Waals surface area contributed by atoms with Crippen molar-refractivity contribution in [2.24, 2.45) is 0 Å². The van der Waals surface area contributed by atoms with E-state index in [4.69, 9.17) is 9.47 Å². The molecule has 0 aromatic rings. The number of rotatable bonds is 0. The van der Waals surface area contributed by atoms with Crippen LogP contribution in [0.2, 0.25) is 0 Å². The third-order valence-corrected chi connectivity index (χ3v) is 4.98. The molecule has 5 heteroatoms. The molecule has 0 spiro atoms. The number of aliphatic hydroxyl groups excluding tert-OH is 1. The summed E-state index contributed by atoms with van der Waals surface area (Å²) in [6.07, 6.45) is 22.7. The van der Waals surface area contributed by atoms with Crippen LogP contribution in [-0.2, 0) is 19.1 Å². The van der Waals surface area contributed by atoms with Crippen molar-refractivity contribution in [3.8, 4) is 0 Å². The van der Waals surface area contributed by atoms with E-state index in [0.717, 1.165) is 57.8 Å². The lowest BCUT2D eigenvalue weighted by molar-refractivity contribution is -0.152. The fourth-order valence-corrected chi connectivity index (χ4v) is 3.20. The van der Waals surface area contributed by atoms with E-state index in [-0.39, 0.29) is 25.2 Å². The Morgan fingerprint density at radius 3 is 1.52 bits per heavy atom. The van der Waals surface area contributed by atoms with Crippen molar-refractivity contribution in [2.45, 2.75) is 102 Å². The molecule has 1 rings (SSSR count). The normalized spacial score (nSPS) is 24.2. The van der Waals surface area contributed by atoms with Gasteiger partial charge in [-0.1, -0.05) is 62.8 Å². The molecule has 0 radical (unpaired) electrons. The van der Waals surface area contributed by atoms with Gasteiger partial charge in [0.2, 0.25) is 0 Å². The van der Waals surface area contributed by atoms with Crippen LogP contribution in [0.3, 0.4) is 0 Å². The summed E-state index contributed by atoms with van der Waals surface area (Å²) in [6.45, 7) is -0.236. The zero-order valence-electron chi connectivity index (χ0n) is 18.0. The average molecular weight is 409 g/mol. The van der Waals surface area contributed by atoms with Crippen molar-refractivity contribution in [2.75, 3.05) is 13.2 Å². The summed E-state index contributed by atoms with van der Waals surface area (Å²) < 4.78 is 10.1. The van der Waals surface area contributed by atoms with Crippen molar-refractivity contribution in [1.29, 1.82) is 0 Å².